The Labute approximate surface area is 144 Å². The van der Waals surface area contributed by atoms with E-state index in [2.05, 4.69) is 20.3 Å². The second kappa shape index (κ2) is 6.88. The van der Waals surface area contributed by atoms with Crippen LogP contribution in [-0.2, 0) is 24.2 Å². The molecular formula is C16H20N6O3. The van der Waals surface area contributed by atoms with Crippen LogP contribution in [-0.4, -0.2) is 50.7 Å². The Morgan fingerprint density at radius 3 is 2.96 bits per heavy atom. The van der Waals surface area contributed by atoms with Crippen molar-refractivity contribution in [3.05, 3.63) is 40.2 Å². The molecule has 0 saturated heterocycles. The summed E-state index contributed by atoms with van der Waals surface area (Å²) in [6, 6.07) is 0.0298. The average molecular weight is 344 g/mol. The van der Waals surface area contributed by atoms with Crippen LogP contribution in [0.1, 0.15) is 17.7 Å². The highest BCUT2D eigenvalue weighted by molar-refractivity contribution is 5.66. The second-order valence-electron chi connectivity index (χ2n) is 6.22. The van der Waals surface area contributed by atoms with E-state index in [-0.39, 0.29) is 18.4 Å². The molecular weight excluding hydrogens is 324 g/mol. The van der Waals surface area contributed by atoms with Crippen molar-refractivity contribution in [3.63, 3.8) is 0 Å². The number of anilines is 2. The lowest BCUT2D eigenvalue weighted by atomic mass is 9.93. The van der Waals surface area contributed by atoms with Crippen LogP contribution in [0.3, 0.4) is 0 Å². The van der Waals surface area contributed by atoms with E-state index in [1.807, 2.05) is 25.2 Å². The number of rotatable bonds is 5. The number of hydrogen-bond acceptors (Lipinski definition) is 7. The van der Waals surface area contributed by atoms with Crippen LogP contribution in [0, 0.1) is 0 Å². The van der Waals surface area contributed by atoms with E-state index >= 15 is 0 Å². The van der Waals surface area contributed by atoms with Gasteiger partial charge in [-0.15, -0.1) is 0 Å². The molecule has 2 heterocycles. The molecule has 0 aromatic carbocycles. The summed E-state index contributed by atoms with van der Waals surface area (Å²) in [6.45, 7) is -0.384. The summed E-state index contributed by atoms with van der Waals surface area (Å²) >= 11 is 0. The molecule has 1 aliphatic rings. The van der Waals surface area contributed by atoms with Gasteiger partial charge in [-0.2, -0.15) is 0 Å². The molecule has 1 unspecified atom stereocenters. The average Bonchev–Trinajstić information content (AvgIpc) is 2.57. The highest BCUT2D eigenvalue weighted by atomic mass is 16.4. The van der Waals surface area contributed by atoms with E-state index in [9.17, 15) is 9.59 Å². The van der Waals surface area contributed by atoms with E-state index in [1.165, 1.54) is 12.4 Å². The maximum absolute atomic E-state index is 12.3. The predicted octanol–water partition coefficient (Wildman–Crippen LogP) is 0.153. The van der Waals surface area contributed by atoms with Gasteiger partial charge in [0.15, 0.2) is 5.82 Å². The first-order valence-corrected chi connectivity index (χ1v) is 8.00. The lowest BCUT2D eigenvalue weighted by Crippen LogP contribution is -2.34. The molecule has 2 aromatic rings. The number of hydrogen-bond donors (Lipinski definition) is 2. The zero-order chi connectivity index (χ0) is 18.0. The van der Waals surface area contributed by atoms with Crippen LogP contribution in [0.25, 0.3) is 0 Å². The van der Waals surface area contributed by atoms with E-state index < -0.39 is 11.5 Å². The summed E-state index contributed by atoms with van der Waals surface area (Å²) < 4.78 is 1.13. The molecule has 9 nitrogen and oxygen atoms in total. The van der Waals surface area contributed by atoms with Gasteiger partial charge in [0.05, 0.1) is 0 Å². The van der Waals surface area contributed by atoms with Crippen molar-refractivity contribution < 1.29 is 9.90 Å². The van der Waals surface area contributed by atoms with Crippen molar-refractivity contribution in [3.8, 4) is 0 Å². The van der Waals surface area contributed by atoms with Gasteiger partial charge in [0.2, 0.25) is 5.95 Å². The fourth-order valence-corrected chi connectivity index (χ4v) is 2.85. The number of carbonyl (C=O) groups is 1. The van der Waals surface area contributed by atoms with Gasteiger partial charge in [0.1, 0.15) is 6.54 Å². The molecule has 0 radical (unpaired) electrons. The Balaban J connectivity index is 1.75. The summed E-state index contributed by atoms with van der Waals surface area (Å²) in [6.07, 6.45) is 6.91. The fourth-order valence-electron chi connectivity index (χ4n) is 2.85. The van der Waals surface area contributed by atoms with Crippen LogP contribution in [0.2, 0.25) is 0 Å². The van der Waals surface area contributed by atoms with E-state index in [4.69, 9.17) is 5.11 Å². The maximum atomic E-state index is 12.3. The molecule has 0 amide bonds. The lowest BCUT2D eigenvalue weighted by Gasteiger charge is -2.25. The SMILES string of the molecule is CN(C)c1ncc2c(n1)CCC(Nc1nccn(CC(=O)O)c1=O)C2. The van der Waals surface area contributed by atoms with Crippen molar-refractivity contribution >= 4 is 17.7 Å². The molecule has 25 heavy (non-hydrogen) atoms. The molecule has 1 atom stereocenters. The number of aliphatic carboxylic acids is 1. The third-order valence-corrected chi connectivity index (χ3v) is 4.10. The van der Waals surface area contributed by atoms with Gasteiger partial charge in [0.25, 0.3) is 5.56 Å². The minimum Gasteiger partial charge on any atom is -0.480 e. The molecule has 0 saturated carbocycles. The molecule has 1 aliphatic carbocycles. The standard InChI is InChI=1S/C16H20N6O3/c1-21(2)16-18-8-10-7-11(3-4-12(10)20-16)19-14-15(25)22(6-5-17-14)9-13(23)24/h5-6,8,11H,3-4,7,9H2,1-2H3,(H,17,19)(H,23,24). The molecule has 9 heteroatoms. The fraction of sp³-hybridized carbons (Fsp3) is 0.438. The Bertz CT molecular complexity index is 848. The largest absolute Gasteiger partial charge is 0.480 e. The van der Waals surface area contributed by atoms with Crippen LogP contribution in [0.15, 0.2) is 23.4 Å². The lowest BCUT2D eigenvalue weighted by molar-refractivity contribution is -0.137. The van der Waals surface area contributed by atoms with E-state index in [0.29, 0.717) is 12.4 Å². The molecule has 132 valence electrons. The molecule has 0 aliphatic heterocycles. The van der Waals surface area contributed by atoms with Crippen molar-refractivity contribution in [2.24, 2.45) is 0 Å². The third kappa shape index (κ3) is 3.76. The number of nitrogens with one attached hydrogen (secondary N) is 1. The first kappa shape index (κ1) is 16.9. The van der Waals surface area contributed by atoms with E-state index in [1.54, 1.807) is 0 Å². The zero-order valence-corrected chi connectivity index (χ0v) is 14.1. The van der Waals surface area contributed by atoms with Crippen molar-refractivity contribution in [1.29, 1.82) is 0 Å². The monoisotopic (exact) mass is 344 g/mol. The summed E-state index contributed by atoms with van der Waals surface area (Å²) in [5, 5.41) is 12.0. The van der Waals surface area contributed by atoms with Gasteiger partial charge in [-0.25, -0.2) is 15.0 Å². The molecule has 2 N–H and O–H groups in total. The molecule has 2 aromatic heterocycles. The minimum absolute atomic E-state index is 0.0298. The predicted molar refractivity (Wildman–Crippen MR) is 91.9 cm³/mol. The van der Waals surface area contributed by atoms with Crippen LogP contribution in [0.5, 0.6) is 0 Å². The number of fused-ring (bicyclic) bond motifs is 1. The molecule has 0 bridgehead atoms. The normalized spacial score (nSPS) is 16.2. The van der Waals surface area contributed by atoms with Gasteiger partial charge in [0, 0.05) is 44.4 Å². The Hall–Kier alpha value is -2.97. The third-order valence-electron chi connectivity index (χ3n) is 4.10. The summed E-state index contributed by atoms with van der Waals surface area (Å²) in [7, 11) is 3.80. The Morgan fingerprint density at radius 2 is 2.24 bits per heavy atom. The first-order valence-electron chi connectivity index (χ1n) is 8.00. The van der Waals surface area contributed by atoms with Crippen molar-refractivity contribution in [2.75, 3.05) is 24.3 Å². The highest BCUT2D eigenvalue weighted by Gasteiger charge is 2.22. The number of aryl methyl sites for hydroxylation is 1. The van der Waals surface area contributed by atoms with Gasteiger partial charge in [-0.1, -0.05) is 0 Å². The first-order chi connectivity index (χ1) is 11.9. The number of carboxylic acid groups (broad SMARTS) is 1. The quantitative estimate of drug-likeness (QED) is 0.788. The second-order valence-corrected chi connectivity index (χ2v) is 6.22. The highest BCUT2D eigenvalue weighted by Crippen LogP contribution is 2.22. The summed E-state index contributed by atoms with van der Waals surface area (Å²) in [5.41, 5.74) is 1.65. The molecule has 3 rings (SSSR count). The van der Waals surface area contributed by atoms with Crippen LogP contribution in [0.4, 0.5) is 11.8 Å². The molecule has 0 spiro atoms. The number of nitrogens with zero attached hydrogens (tertiary/aromatic N) is 5. The topological polar surface area (TPSA) is 113 Å². The van der Waals surface area contributed by atoms with Gasteiger partial charge in [-0.3, -0.25) is 14.2 Å². The Kier molecular flexibility index (Phi) is 4.64. The van der Waals surface area contributed by atoms with E-state index in [0.717, 1.165) is 28.7 Å². The van der Waals surface area contributed by atoms with Crippen LogP contribution >= 0.6 is 0 Å². The zero-order valence-electron chi connectivity index (χ0n) is 14.1. The van der Waals surface area contributed by atoms with Crippen molar-refractivity contribution in [1.82, 2.24) is 19.5 Å². The maximum Gasteiger partial charge on any atom is 0.323 e. The molecule has 0 fully saturated rings. The minimum atomic E-state index is -1.07. The van der Waals surface area contributed by atoms with Crippen LogP contribution < -0.4 is 15.8 Å². The van der Waals surface area contributed by atoms with Crippen molar-refractivity contribution in [2.45, 2.75) is 31.8 Å². The number of aromatic nitrogens is 4. The summed E-state index contributed by atoms with van der Waals surface area (Å²) in [4.78, 5) is 37.9. The smallest absolute Gasteiger partial charge is 0.323 e. The number of carboxylic acids is 1. The van der Waals surface area contributed by atoms with Gasteiger partial charge >= 0.3 is 5.97 Å². The summed E-state index contributed by atoms with van der Waals surface area (Å²) in [5.74, 6) is -0.214. The Morgan fingerprint density at radius 1 is 1.44 bits per heavy atom. The van der Waals surface area contributed by atoms with Gasteiger partial charge < -0.3 is 15.3 Å². The van der Waals surface area contributed by atoms with Gasteiger partial charge in [-0.05, 0) is 24.8 Å².